The number of amides is 1. The van der Waals surface area contributed by atoms with Crippen molar-refractivity contribution in [1.29, 1.82) is 0 Å². The first-order valence-corrected chi connectivity index (χ1v) is 8.36. The first-order valence-electron chi connectivity index (χ1n) is 7.61. The smallest absolute Gasteiger partial charge is 0.271 e. The lowest BCUT2D eigenvalue weighted by Crippen LogP contribution is -2.18. The minimum Gasteiger partial charge on any atom is -0.506 e. The van der Waals surface area contributed by atoms with Crippen molar-refractivity contribution >= 4 is 35.3 Å². The van der Waals surface area contributed by atoms with Crippen LogP contribution in [0.25, 0.3) is 0 Å². The molecule has 1 aromatic heterocycles. The van der Waals surface area contributed by atoms with Crippen LogP contribution in [-0.4, -0.2) is 27.0 Å². The number of carbonyl (C=O) groups is 1. The Labute approximate surface area is 159 Å². The fraction of sp³-hybridized carbons (Fsp3) is 0.0556. The van der Waals surface area contributed by atoms with E-state index >= 15 is 0 Å². The van der Waals surface area contributed by atoms with Crippen LogP contribution in [0.3, 0.4) is 0 Å². The zero-order chi connectivity index (χ0) is 18.5. The Morgan fingerprint density at radius 1 is 1.27 bits per heavy atom. The molecule has 3 aromatic rings. The average Bonchev–Trinajstić information content (AvgIpc) is 3.12. The largest absolute Gasteiger partial charge is 0.506 e. The first-order chi connectivity index (χ1) is 12.5. The maximum Gasteiger partial charge on any atom is 0.271 e. The maximum atomic E-state index is 12.2. The molecule has 2 aromatic carbocycles. The van der Waals surface area contributed by atoms with Crippen LogP contribution < -0.4 is 5.43 Å². The molecule has 132 valence electrons. The van der Waals surface area contributed by atoms with Crippen LogP contribution in [-0.2, 0) is 6.54 Å². The Bertz CT molecular complexity index is 956. The predicted octanol–water partition coefficient (Wildman–Crippen LogP) is 3.71. The second kappa shape index (κ2) is 8.03. The number of aromatic hydroxyl groups is 1. The van der Waals surface area contributed by atoms with Crippen molar-refractivity contribution in [2.75, 3.05) is 0 Å². The van der Waals surface area contributed by atoms with Gasteiger partial charge in [-0.2, -0.15) is 10.2 Å². The van der Waals surface area contributed by atoms with Crippen LogP contribution in [0.2, 0.25) is 10.0 Å². The van der Waals surface area contributed by atoms with Gasteiger partial charge in [0.15, 0.2) is 0 Å². The number of hydrogen-bond acceptors (Lipinski definition) is 4. The van der Waals surface area contributed by atoms with Crippen LogP contribution in [0.5, 0.6) is 5.75 Å². The third-order valence-corrected chi connectivity index (χ3v) is 4.03. The van der Waals surface area contributed by atoms with Crippen molar-refractivity contribution in [2.24, 2.45) is 5.10 Å². The van der Waals surface area contributed by atoms with E-state index in [4.69, 9.17) is 23.2 Å². The van der Waals surface area contributed by atoms with Crippen molar-refractivity contribution in [3.8, 4) is 5.75 Å². The van der Waals surface area contributed by atoms with Gasteiger partial charge < -0.3 is 5.11 Å². The zero-order valence-corrected chi connectivity index (χ0v) is 14.9. The molecule has 0 fully saturated rings. The standard InChI is InChI=1S/C18H14Cl2N4O2/c19-15-8-14(17(25)16(20)9-15)10-21-23-18(26)13-4-1-3-12(7-13)11-24-6-2-5-22-24/h1-10,25H,11H2,(H,23,26). The summed E-state index contributed by atoms with van der Waals surface area (Å²) >= 11 is 11.7. The molecule has 0 aliphatic carbocycles. The Morgan fingerprint density at radius 3 is 2.88 bits per heavy atom. The summed E-state index contributed by atoms with van der Waals surface area (Å²) in [6.45, 7) is 0.562. The van der Waals surface area contributed by atoms with Gasteiger partial charge in [-0.3, -0.25) is 9.48 Å². The lowest BCUT2D eigenvalue weighted by atomic mass is 10.1. The number of benzene rings is 2. The predicted molar refractivity (Wildman–Crippen MR) is 101 cm³/mol. The number of aromatic nitrogens is 2. The van der Waals surface area contributed by atoms with E-state index in [-0.39, 0.29) is 16.7 Å². The van der Waals surface area contributed by atoms with Crippen molar-refractivity contribution in [2.45, 2.75) is 6.54 Å². The lowest BCUT2D eigenvalue weighted by Gasteiger charge is -2.05. The van der Waals surface area contributed by atoms with Gasteiger partial charge in [0.1, 0.15) is 5.75 Å². The van der Waals surface area contributed by atoms with Gasteiger partial charge in [-0.15, -0.1) is 0 Å². The van der Waals surface area contributed by atoms with E-state index in [1.165, 1.54) is 18.3 Å². The molecule has 0 saturated heterocycles. The minimum atomic E-state index is -0.379. The summed E-state index contributed by atoms with van der Waals surface area (Å²) in [4.78, 5) is 12.2. The zero-order valence-electron chi connectivity index (χ0n) is 13.4. The second-order valence-electron chi connectivity index (χ2n) is 5.43. The highest BCUT2D eigenvalue weighted by Gasteiger charge is 2.08. The second-order valence-corrected chi connectivity index (χ2v) is 6.27. The number of hydrazone groups is 1. The molecule has 3 rings (SSSR count). The Morgan fingerprint density at radius 2 is 2.12 bits per heavy atom. The molecule has 0 atom stereocenters. The summed E-state index contributed by atoms with van der Waals surface area (Å²) in [6.07, 6.45) is 4.82. The van der Waals surface area contributed by atoms with Crippen molar-refractivity contribution in [3.05, 3.63) is 81.6 Å². The molecule has 26 heavy (non-hydrogen) atoms. The fourth-order valence-corrected chi connectivity index (χ4v) is 2.81. The summed E-state index contributed by atoms with van der Waals surface area (Å²) < 4.78 is 1.76. The Balaban J connectivity index is 1.69. The topological polar surface area (TPSA) is 79.5 Å². The number of phenols is 1. The summed E-state index contributed by atoms with van der Waals surface area (Å²) in [5.41, 5.74) is 4.10. The number of carbonyl (C=O) groups excluding carboxylic acids is 1. The molecule has 2 N–H and O–H groups in total. The maximum absolute atomic E-state index is 12.2. The van der Waals surface area contributed by atoms with Gasteiger partial charge in [0.2, 0.25) is 0 Å². The summed E-state index contributed by atoms with van der Waals surface area (Å²) in [7, 11) is 0. The number of hydrogen-bond donors (Lipinski definition) is 2. The molecule has 1 amide bonds. The Kier molecular flexibility index (Phi) is 5.55. The highest BCUT2D eigenvalue weighted by atomic mass is 35.5. The van der Waals surface area contributed by atoms with E-state index in [0.717, 1.165) is 5.56 Å². The number of phenolic OH excluding ortho intramolecular Hbond substituents is 1. The number of nitrogens with one attached hydrogen (secondary N) is 1. The SMILES string of the molecule is O=C(NN=Cc1cc(Cl)cc(Cl)c1O)c1cccc(Cn2cccn2)c1. The van der Waals surface area contributed by atoms with Gasteiger partial charge in [-0.25, -0.2) is 5.43 Å². The summed E-state index contributed by atoms with van der Waals surface area (Å²) in [5.74, 6) is -0.536. The normalized spacial score (nSPS) is 11.0. The van der Waals surface area contributed by atoms with Crippen LogP contribution in [0, 0.1) is 0 Å². The van der Waals surface area contributed by atoms with E-state index in [0.29, 0.717) is 22.7 Å². The Hall–Kier alpha value is -2.83. The highest BCUT2D eigenvalue weighted by molar-refractivity contribution is 6.36. The molecule has 8 heteroatoms. The number of rotatable bonds is 5. The van der Waals surface area contributed by atoms with Gasteiger partial charge in [-0.1, -0.05) is 35.3 Å². The first kappa shape index (κ1) is 18.0. The molecule has 0 unspecified atom stereocenters. The molecule has 0 saturated carbocycles. The number of halogens is 2. The molecular weight excluding hydrogens is 375 g/mol. The van der Waals surface area contributed by atoms with E-state index in [1.807, 2.05) is 18.3 Å². The molecule has 0 radical (unpaired) electrons. The van der Waals surface area contributed by atoms with E-state index in [2.05, 4.69) is 15.6 Å². The van der Waals surface area contributed by atoms with Crippen LogP contribution in [0.15, 0.2) is 60.0 Å². The van der Waals surface area contributed by atoms with Gasteiger partial charge in [0.25, 0.3) is 5.91 Å². The van der Waals surface area contributed by atoms with E-state index in [9.17, 15) is 9.90 Å². The average molecular weight is 389 g/mol. The summed E-state index contributed by atoms with van der Waals surface area (Å²) in [6, 6.07) is 11.9. The lowest BCUT2D eigenvalue weighted by molar-refractivity contribution is 0.0955. The van der Waals surface area contributed by atoms with Crippen LogP contribution in [0.4, 0.5) is 0 Å². The molecule has 0 bridgehead atoms. The van der Waals surface area contributed by atoms with Gasteiger partial charge in [0, 0.05) is 28.5 Å². The minimum absolute atomic E-state index is 0.108. The van der Waals surface area contributed by atoms with Gasteiger partial charge >= 0.3 is 0 Å². The van der Waals surface area contributed by atoms with Crippen molar-refractivity contribution in [1.82, 2.24) is 15.2 Å². The fourth-order valence-electron chi connectivity index (χ4n) is 2.30. The monoisotopic (exact) mass is 388 g/mol. The van der Waals surface area contributed by atoms with Crippen molar-refractivity contribution < 1.29 is 9.90 Å². The molecule has 6 nitrogen and oxygen atoms in total. The van der Waals surface area contributed by atoms with Gasteiger partial charge in [-0.05, 0) is 35.9 Å². The van der Waals surface area contributed by atoms with Crippen LogP contribution >= 0.6 is 23.2 Å². The van der Waals surface area contributed by atoms with Gasteiger partial charge in [0.05, 0.1) is 17.8 Å². The third kappa shape index (κ3) is 4.41. The molecule has 0 aliphatic heterocycles. The molecular formula is C18H14Cl2N4O2. The highest BCUT2D eigenvalue weighted by Crippen LogP contribution is 2.29. The van der Waals surface area contributed by atoms with E-state index < -0.39 is 0 Å². The summed E-state index contributed by atoms with van der Waals surface area (Å²) in [5, 5.41) is 18.3. The van der Waals surface area contributed by atoms with E-state index in [1.54, 1.807) is 29.1 Å². The quantitative estimate of drug-likeness (QED) is 0.516. The molecule has 0 spiro atoms. The molecule has 1 heterocycles. The molecule has 0 aliphatic rings. The van der Waals surface area contributed by atoms with Crippen molar-refractivity contribution in [3.63, 3.8) is 0 Å². The number of nitrogens with zero attached hydrogens (tertiary/aromatic N) is 3. The van der Waals surface area contributed by atoms with Crippen LogP contribution in [0.1, 0.15) is 21.5 Å². The third-order valence-electron chi connectivity index (χ3n) is 3.52.